The van der Waals surface area contributed by atoms with E-state index >= 15 is 0 Å². The number of para-hydroxylation sites is 1. The molecule has 3 rings (SSSR count). The highest BCUT2D eigenvalue weighted by Gasteiger charge is 2.33. The Morgan fingerprint density at radius 3 is 2.14 bits per heavy atom. The summed E-state index contributed by atoms with van der Waals surface area (Å²) in [6.07, 6.45) is 0.0471. The number of halogens is 1. The molecule has 0 bridgehead atoms. The van der Waals surface area contributed by atoms with E-state index in [0.717, 1.165) is 5.56 Å². The molecular weight excluding hydrogens is 478 g/mol. The van der Waals surface area contributed by atoms with Crippen molar-refractivity contribution in [3.8, 4) is 0 Å². The van der Waals surface area contributed by atoms with Gasteiger partial charge >= 0.3 is 0 Å². The lowest BCUT2D eigenvalue weighted by Gasteiger charge is -2.34. The summed E-state index contributed by atoms with van der Waals surface area (Å²) in [5.74, 6) is -0.719. The van der Waals surface area contributed by atoms with Crippen LogP contribution in [0, 0.1) is 10.1 Å². The van der Waals surface area contributed by atoms with Crippen LogP contribution in [0.4, 0.5) is 5.69 Å². The molecule has 3 aromatic carbocycles. The molecule has 7 nitrogen and oxygen atoms in total. The Kier molecular flexibility index (Phi) is 8.83. The van der Waals surface area contributed by atoms with Crippen molar-refractivity contribution in [2.75, 3.05) is 0 Å². The summed E-state index contributed by atoms with van der Waals surface area (Å²) in [7, 11) is 0. The van der Waals surface area contributed by atoms with Crippen LogP contribution in [0.5, 0.6) is 0 Å². The summed E-state index contributed by atoms with van der Waals surface area (Å²) in [4.78, 5) is 39.9. The van der Waals surface area contributed by atoms with E-state index in [9.17, 15) is 19.7 Å². The van der Waals surface area contributed by atoms with Crippen LogP contribution in [-0.4, -0.2) is 33.2 Å². The molecule has 188 valence electrons. The summed E-state index contributed by atoms with van der Waals surface area (Å²) in [5, 5.41) is 15.0. The monoisotopic (exact) mass is 507 g/mol. The quantitative estimate of drug-likeness (QED) is 0.312. The van der Waals surface area contributed by atoms with Crippen LogP contribution in [0.1, 0.15) is 37.5 Å². The molecule has 0 heterocycles. The van der Waals surface area contributed by atoms with Gasteiger partial charge in [0.25, 0.3) is 5.69 Å². The van der Waals surface area contributed by atoms with E-state index in [1.165, 1.54) is 11.0 Å². The number of hydrogen-bond donors (Lipinski definition) is 1. The number of amides is 2. The fraction of sp³-hybridized carbons (Fsp3) is 0.286. The summed E-state index contributed by atoms with van der Waals surface area (Å²) in [6, 6.07) is 21.8. The third-order valence-electron chi connectivity index (χ3n) is 5.60. The Bertz CT molecular complexity index is 1220. The summed E-state index contributed by atoms with van der Waals surface area (Å²) < 4.78 is 0. The average Bonchev–Trinajstić information content (AvgIpc) is 2.82. The number of rotatable bonds is 9. The minimum atomic E-state index is -0.863. The zero-order valence-corrected chi connectivity index (χ0v) is 21.4. The van der Waals surface area contributed by atoms with Gasteiger partial charge in [-0.15, -0.1) is 0 Å². The third kappa shape index (κ3) is 7.39. The van der Waals surface area contributed by atoms with Gasteiger partial charge in [-0.1, -0.05) is 78.3 Å². The van der Waals surface area contributed by atoms with Gasteiger partial charge in [0.05, 0.1) is 11.3 Å². The SMILES string of the molecule is CC(C)(C)NC(=O)[C@@H](Cc1ccccc1)N(Cc1ccccc1Cl)C(=O)Cc1ccccc1[N+](=O)[O-]. The second-order valence-corrected chi connectivity index (χ2v) is 10.0. The first-order chi connectivity index (χ1) is 17.0. The van der Waals surface area contributed by atoms with Gasteiger partial charge in [-0.3, -0.25) is 19.7 Å². The number of nitrogens with zero attached hydrogens (tertiary/aromatic N) is 2. The summed E-state index contributed by atoms with van der Waals surface area (Å²) in [6.45, 7) is 5.70. The molecule has 1 N–H and O–H groups in total. The molecule has 8 heteroatoms. The molecule has 0 aliphatic carbocycles. The highest BCUT2D eigenvalue weighted by atomic mass is 35.5. The average molecular weight is 508 g/mol. The van der Waals surface area contributed by atoms with Gasteiger partial charge in [-0.2, -0.15) is 0 Å². The van der Waals surface area contributed by atoms with Gasteiger partial charge in [0, 0.05) is 35.2 Å². The second kappa shape index (κ2) is 11.8. The molecule has 3 aromatic rings. The first-order valence-corrected chi connectivity index (χ1v) is 12.0. The van der Waals surface area contributed by atoms with Gasteiger partial charge in [0.15, 0.2) is 0 Å². The van der Waals surface area contributed by atoms with Crippen molar-refractivity contribution in [3.63, 3.8) is 0 Å². The minimum absolute atomic E-state index is 0.0776. The Morgan fingerprint density at radius 1 is 0.944 bits per heavy atom. The van der Waals surface area contributed by atoms with E-state index < -0.39 is 22.4 Å². The molecule has 0 fully saturated rings. The minimum Gasteiger partial charge on any atom is -0.350 e. The van der Waals surface area contributed by atoms with Gasteiger partial charge < -0.3 is 10.2 Å². The summed E-state index contributed by atoms with van der Waals surface area (Å²) >= 11 is 6.42. The normalized spacial score (nSPS) is 12.0. The first-order valence-electron chi connectivity index (χ1n) is 11.7. The molecule has 0 aliphatic heterocycles. The van der Waals surface area contributed by atoms with Crippen LogP contribution < -0.4 is 5.32 Å². The maximum absolute atomic E-state index is 13.8. The van der Waals surface area contributed by atoms with E-state index in [4.69, 9.17) is 11.6 Å². The molecule has 36 heavy (non-hydrogen) atoms. The third-order valence-corrected chi connectivity index (χ3v) is 5.97. The van der Waals surface area contributed by atoms with Crippen LogP contribution in [0.2, 0.25) is 5.02 Å². The molecule has 0 saturated heterocycles. The fourth-order valence-corrected chi connectivity index (χ4v) is 4.12. The van der Waals surface area contributed by atoms with E-state index in [-0.39, 0.29) is 36.5 Å². The molecule has 0 saturated carbocycles. The lowest BCUT2D eigenvalue weighted by atomic mass is 9.99. The lowest BCUT2D eigenvalue weighted by Crippen LogP contribution is -2.54. The molecular formula is C28H30ClN3O4. The van der Waals surface area contributed by atoms with Crippen LogP contribution in [0.3, 0.4) is 0 Å². The molecule has 0 aromatic heterocycles. The number of carbonyl (C=O) groups is 2. The first kappa shape index (κ1) is 26.9. The van der Waals surface area contributed by atoms with Crippen molar-refractivity contribution in [1.29, 1.82) is 0 Å². The van der Waals surface area contributed by atoms with Gasteiger partial charge in [-0.25, -0.2) is 0 Å². The van der Waals surface area contributed by atoms with E-state index in [2.05, 4.69) is 5.32 Å². The van der Waals surface area contributed by atoms with E-state index in [1.807, 2.05) is 57.2 Å². The molecule has 1 atom stereocenters. The van der Waals surface area contributed by atoms with Crippen LogP contribution in [-0.2, 0) is 29.0 Å². The Morgan fingerprint density at radius 2 is 1.53 bits per heavy atom. The Balaban J connectivity index is 2.05. The fourth-order valence-electron chi connectivity index (χ4n) is 3.92. The Labute approximate surface area is 216 Å². The molecule has 2 amide bonds. The van der Waals surface area contributed by atoms with Crippen LogP contribution >= 0.6 is 11.6 Å². The van der Waals surface area contributed by atoms with E-state index in [0.29, 0.717) is 10.6 Å². The van der Waals surface area contributed by atoms with Crippen molar-refractivity contribution in [3.05, 3.63) is 111 Å². The van der Waals surface area contributed by atoms with Gasteiger partial charge in [-0.05, 0) is 38.0 Å². The van der Waals surface area contributed by atoms with Crippen molar-refractivity contribution in [1.82, 2.24) is 10.2 Å². The molecule has 0 spiro atoms. The number of nitro benzene ring substituents is 1. The molecule has 0 unspecified atom stereocenters. The number of nitro groups is 1. The van der Waals surface area contributed by atoms with E-state index in [1.54, 1.807) is 36.4 Å². The zero-order valence-electron chi connectivity index (χ0n) is 20.6. The second-order valence-electron chi connectivity index (χ2n) is 9.62. The maximum atomic E-state index is 13.8. The predicted molar refractivity (Wildman–Crippen MR) is 141 cm³/mol. The van der Waals surface area contributed by atoms with Gasteiger partial charge in [0.2, 0.25) is 11.8 Å². The van der Waals surface area contributed by atoms with Gasteiger partial charge in [0.1, 0.15) is 6.04 Å². The molecule has 0 radical (unpaired) electrons. The van der Waals surface area contributed by atoms with Crippen molar-refractivity contribution in [2.24, 2.45) is 0 Å². The van der Waals surface area contributed by atoms with Crippen molar-refractivity contribution < 1.29 is 14.5 Å². The van der Waals surface area contributed by atoms with Crippen LogP contribution in [0.15, 0.2) is 78.9 Å². The number of nitrogens with one attached hydrogen (secondary N) is 1. The smallest absolute Gasteiger partial charge is 0.273 e. The highest BCUT2D eigenvalue weighted by Crippen LogP contribution is 2.24. The van der Waals surface area contributed by atoms with Crippen molar-refractivity contribution >= 4 is 29.1 Å². The van der Waals surface area contributed by atoms with Crippen LogP contribution in [0.25, 0.3) is 0 Å². The topological polar surface area (TPSA) is 92.6 Å². The summed E-state index contributed by atoms with van der Waals surface area (Å²) in [5.41, 5.74) is 1.18. The number of hydrogen-bond acceptors (Lipinski definition) is 4. The molecule has 0 aliphatic rings. The maximum Gasteiger partial charge on any atom is 0.273 e. The zero-order chi connectivity index (χ0) is 26.3. The standard InChI is InChI=1S/C28H30ClN3O4/c1-28(2,3)30-27(34)25(17-20-11-5-4-6-12-20)31(19-22-14-7-9-15-23(22)29)26(33)18-21-13-8-10-16-24(21)32(35)36/h4-16,25H,17-19H2,1-3H3,(H,30,34)/t25-/m1/s1. The Hall–Kier alpha value is -3.71. The number of benzene rings is 3. The predicted octanol–water partition coefficient (Wildman–Crippen LogP) is 5.35. The van der Waals surface area contributed by atoms with Crippen molar-refractivity contribution in [2.45, 2.75) is 51.7 Å². The number of carbonyl (C=O) groups excluding carboxylic acids is 2. The lowest BCUT2D eigenvalue weighted by molar-refractivity contribution is -0.385. The largest absolute Gasteiger partial charge is 0.350 e. The highest BCUT2D eigenvalue weighted by molar-refractivity contribution is 6.31.